The Kier molecular flexibility index (Phi) is 27.1. The first-order valence-electron chi connectivity index (χ1n) is 12.5. The van der Waals surface area contributed by atoms with Crippen LogP contribution >= 0.6 is 0 Å². The summed E-state index contributed by atoms with van der Waals surface area (Å²) in [6, 6.07) is 30.5. The zero-order valence-corrected chi connectivity index (χ0v) is 33.3. The van der Waals surface area contributed by atoms with Gasteiger partial charge in [0.1, 0.15) is 0 Å². The van der Waals surface area contributed by atoms with Crippen molar-refractivity contribution in [3.05, 3.63) is 196 Å². The zero-order chi connectivity index (χ0) is 25.3. The van der Waals surface area contributed by atoms with Crippen LogP contribution in [0.4, 0.5) is 0 Å². The maximum atomic E-state index is 2.30. The van der Waals surface area contributed by atoms with Gasteiger partial charge in [0.05, 0.1) is 0 Å². The van der Waals surface area contributed by atoms with Crippen molar-refractivity contribution in [2.45, 2.75) is 25.7 Å². The Morgan fingerprint density at radius 3 is 1.19 bits per heavy atom. The average molecular weight is 721 g/mol. The van der Waals surface area contributed by atoms with E-state index < -0.39 is 0 Å². The molecule has 6 rings (SSSR count). The van der Waals surface area contributed by atoms with Gasteiger partial charge >= 0.3 is 26.2 Å². The fraction of sp³-hybridized carbons (Fsp3) is 0.105. The Labute approximate surface area is 301 Å². The minimum atomic E-state index is 0. The van der Waals surface area contributed by atoms with Crippen LogP contribution in [-0.2, 0) is 26.2 Å². The van der Waals surface area contributed by atoms with Crippen LogP contribution in [0.3, 0.4) is 0 Å². The molecule has 0 heterocycles. The van der Waals surface area contributed by atoms with Gasteiger partial charge in [0.25, 0.3) is 0 Å². The normalized spacial score (nSPS) is 14.2. The molecule has 43 heavy (non-hydrogen) atoms. The summed E-state index contributed by atoms with van der Waals surface area (Å²) in [4.78, 5) is 0. The molecule has 0 aromatic heterocycles. The van der Waals surface area contributed by atoms with Gasteiger partial charge in [-0.15, -0.1) is 47.6 Å². The molecule has 2 aliphatic carbocycles. The first-order valence-corrected chi connectivity index (χ1v) is 16.5. The van der Waals surface area contributed by atoms with E-state index in [9.17, 15) is 0 Å². The van der Waals surface area contributed by atoms with Gasteiger partial charge in [-0.05, 0) is 42.5 Å². The second kappa shape index (κ2) is 24.3. The van der Waals surface area contributed by atoms with E-state index in [2.05, 4.69) is 147 Å². The van der Waals surface area contributed by atoms with Gasteiger partial charge in [-0.2, -0.15) is 34.4 Å². The van der Waals surface area contributed by atoms with Crippen molar-refractivity contribution in [2.75, 3.05) is 0 Å². The van der Waals surface area contributed by atoms with Crippen LogP contribution in [0.5, 0.6) is 0 Å². The second-order valence-corrected chi connectivity index (χ2v) is 9.15. The number of aryl methyl sites for hydroxylation is 2. The van der Waals surface area contributed by atoms with Gasteiger partial charge in [-0.25, -0.2) is 0 Å². The summed E-state index contributed by atoms with van der Waals surface area (Å²) in [6.45, 7) is 4.32. The Balaban J connectivity index is -0.000000290. The Hall–Kier alpha value is -2.00. The van der Waals surface area contributed by atoms with Crippen molar-refractivity contribution in [1.29, 1.82) is 0 Å². The van der Waals surface area contributed by atoms with Gasteiger partial charge in [0, 0.05) is 0 Å². The summed E-state index contributed by atoms with van der Waals surface area (Å²) in [6.07, 6.45) is 17.5. The molecule has 230 valence electrons. The first-order chi connectivity index (χ1) is 17.7. The van der Waals surface area contributed by atoms with Crippen molar-refractivity contribution in [3.8, 4) is 0 Å². The zero-order valence-electron chi connectivity index (χ0n) is 26.5. The molecule has 4 aromatic rings. The van der Waals surface area contributed by atoms with Crippen LogP contribution in [0.25, 0.3) is 12.2 Å². The van der Waals surface area contributed by atoms with Crippen LogP contribution in [0.1, 0.15) is 56.3 Å². The number of fused-ring (bicyclic) bond motifs is 2. The monoisotopic (exact) mass is 718 g/mol. The molecular weight excluding hydrogens is 675 g/mol. The van der Waals surface area contributed by atoms with E-state index in [1.807, 2.05) is 19.5 Å². The first kappa shape index (κ1) is 47.9. The summed E-state index contributed by atoms with van der Waals surface area (Å²) >= 11 is 0. The minimum absolute atomic E-state index is 0. The number of hydrogen-bond acceptors (Lipinski definition) is 0. The molecule has 2 radical (unpaired) electrons. The molecule has 0 bridgehead atoms. The molecule has 5 heteroatoms. The number of hydrogen-bond donors (Lipinski definition) is 0. The Morgan fingerprint density at radius 2 is 0.860 bits per heavy atom. The van der Waals surface area contributed by atoms with Crippen molar-refractivity contribution in [2.24, 2.45) is 0 Å². The summed E-state index contributed by atoms with van der Waals surface area (Å²) < 4.78 is 0. The van der Waals surface area contributed by atoms with Gasteiger partial charge in [0.15, 0.2) is 0 Å². The molecule has 4 aromatic carbocycles. The fourth-order valence-corrected chi connectivity index (χ4v) is 5.00. The maximum Gasteiger partial charge on any atom is 2.00 e. The van der Waals surface area contributed by atoms with Crippen LogP contribution in [-0.4, -0.2) is 19.5 Å². The quantitative estimate of drug-likeness (QED) is 0.221. The molecule has 0 fully saturated rings. The largest absolute Gasteiger partial charge is 2.00 e. The SMILES string of the molecule is Cc1cc2c([cH-]1)C=CC=CC2c1ccccc1.Cc1cc2c([cH-]1)C=CC=CC2c1ccccc1.[CH3-].[CH3-].[CH3-].[CH3-].[Cl-].[Cl-].[SiH2][SiH2].[Zr+2]. The van der Waals surface area contributed by atoms with Crippen LogP contribution in [0.2, 0.25) is 0 Å². The van der Waals surface area contributed by atoms with E-state index in [-0.39, 0.29) is 80.7 Å². The standard InChI is InChI=1S/2C17H15.4CH3.2ClH.H4Si2.Zr/c2*1-13-11-15-9-5-6-10-16(17(15)12-13)14-7-3-2-4-8-14;;;;;;;1-2;/h2*2-12,16H,1H3;4*1H3;2*1H;1-2H2;/q6*-1;;;;+2/p-2. The van der Waals surface area contributed by atoms with Gasteiger partial charge in [-0.1, -0.05) is 98.8 Å². The second-order valence-electron chi connectivity index (χ2n) is 9.15. The van der Waals surface area contributed by atoms with E-state index in [0.717, 1.165) is 0 Å². The third kappa shape index (κ3) is 12.5. The topological polar surface area (TPSA) is 0 Å². The third-order valence-corrected chi connectivity index (χ3v) is 6.57. The molecule has 2 aliphatic rings. The van der Waals surface area contributed by atoms with Gasteiger partial charge in [0.2, 0.25) is 0 Å². The summed E-state index contributed by atoms with van der Waals surface area (Å²) in [5.74, 6) is 0.768. The number of halogens is 2. The van der Waals surface area contributed by atoms with Crippen LogP contribution in [0.15, 0.2) is 121 Å². The molecule has 0 spiro atoms. The molecule has 0 amide bonds. The van der Waals surface area contributed by atoms with Crippen molar-refractivity contribution in [3.63, 3.8) is 0 Å². The molecule has 0 aliphatic heterocycles. The Bertz CT molecular complexity index is 1270. The van der Waals surface area contributed by atoms with Gasteiger partial charge in [-0.3, -0.25) is 0 Å². The smallest absolute Gasteiger partial charge is 1.00 e. The fourth-order valence-electron chi connectivity index (χ4n) is 5.00. The van der Waals surface area contributed by atoms with Crippen molar-refractivity contribution in [1.82, 2.24) is 0 Å². The number of rotatable bonds is 2. The predicted molar refractivity (Wildman–Crippen MR) is 189 cm³/mol. The third-order valence-electron chi connectivity index (χ3n) is 6.57. The molecule has 0 N–H and O–H groups in total. The van der Waals surface area contributed by atoms with Gasteiger partial charge < -0.3 is 54.5 Å². The van der Waals surface area contributed by atoms with E-state index in [1.165, 1.54) is 44.5 Å². The molecule has 0 saturated heterocycles. The molecule has 0 nitrogen and oxygen atoms in total. The van der Waals surface area contributed by atoms with Crippen LogP contribution < -0.4 is 24.8 Å². The van der Waals surface area contributed by atoms with E-state index >= 15 is 0 Å². The molecule has 2 unspecified atom stereocenters. The molecule has 0 saturated carbocycles. The number of benzene rings is 2. The summed E-state index contributed by atoms with van der Waals surface area (Å²) in [5, 5.41) is 0. The number of allylic oxidation sites excluding steroid dienone is 6. The molecule has 2 atom stereocenters. The molecular formula is C38H46Cl2Si2Zr-6. The van der Waals surface area contributed by atoms with E-state index in [4.69, 9.17) is 0 Å². The average Bonchev–Trinajstić information content (AvgIpc) is 3.33. The van der Waals surface area contributed by atoms with E-state index in [1.54, 1.807) is 0 Å². The van der Waals surface area contributed by atoms with Crippen LogP contribution in [0, 0.1) is 43.6 Å². The summed E-state index contributed by atoms with van der Waals surface area (Å²) in [5.41, 5.74) is 10.9. The van der Waals surface area contributed by atoms with E-state index in [0.29, 0.717) is 11.8 Å². The summed E-state index contributed by atoms with van der Waals surface area (Å²) in [7, 11) is 3.78. The van der Waals surface area contributed by atoms with Crippen molar-refractivity contribution >= 4 is 31.7 Å². The maximum absolute atomic E-state index is 2.30. The minimum Gasteiger partial charge on any atom is -1.00 e. The van der Waals surface area contributed by atoms with Crippen molar-refractivity contribution < 1.29 is 51.0 Å². The predicted octanol–water partition coefficient (Wildman–Crippen LogP) is 2.83. The Morgan fingerprint density at radius 1 is 0.535 bits per heavy atom.